The first-order valence-corrected chi connectivity index (χ1v) is 11.3. The molecule has 1 spiro atoms. The molecule has 0 aliphatic carbocycles. The fraction of sp³-hybridized carbons (Fsp3) is 0.458. The Morgan fingerprint density at radius 1 is 1.17 bits per heavy atom. The van der Waals surface area contributed by atoms with Gasteiger partial charge < -0.3 is 9.47 Å². The molecule has 2 aromatic carbocycles. The van der Waals surface area contributed by atoms with E-state index in [9.17, 15) is 13.2 Å². The molecule has 7 nitrogen and oxygen atoms in total. The zero-order valence-corrected chi connectivity index (χ0v) is 20.1. The van der Waals surface area contributed by atoms with Gasteiger partial charge in [-0.2, -0.15) is 17.9 Å². The van der Waals surface area contributed by atoms with Crippen molar-refractivity contribution in [2.45, 2.75) is 43.5 Å². The van der Waals surface area contributed by atoms with E-state index in [1.807, 2.05) is 18.2 Å². The molecular weight excluding hydrogens is 483 g/mol. The van der Waals surface area contributed by atoms with Crippen LogP contribution in [0.5, 0.6) is 5.75 Å². The van der Waals surface area contributed by atoms with Crippen molar-refractivity contribution in [3.8, 4) is 11.4 Å². The number of nitrogens with zero attached hydrogens (tertiary/aromatic N) is 5. The monoisotopic (exact) mass is 509 g/mol. The molecule has 2 aliphatic rings. The van der Waals surface area contributed by atoms with Gasteiger partial charge in [-0.05, 0) is 60.0 Å². The van der Waals surface area contributed by atoms with Gasteiger partial charge in [0.05, 0.1) is 25.0 Å². The van der Waals surface area contributed by atoms with E-state index in [1.54, 1.807) is 19.2 Å². The summed E-state index contributed by atoms with van der Waals surface area (Å²) in [6.07, 6.45) is -1.88. The summed E-state index contributed by atoms with van der Waals surface area (Å²) >= 11 is 0. The number of rotatable bonds is 5. The molecule has 3 aromatic rings. The number of aromatic nitrogens is 4. The third-order valence-corrected chi connectivity index (χ3v) is 6.70. The van der Waals surface area contributed by atoms with E-state index in [0.29, 0.717) is 12.4 Å². The average Bonchev–Trinajstić information content (AvgIpc) is 3.47. The molecule has 0 saturated carbocycles. The number of hydrogen-bond donors (Lipinski definition) is 0. The molecule has 0 N–H and O–H groups in total. The number of hydrogen-bond acceptors (Lipinski definition) is 6. The molecule has 0 bridgehead atoms. The first kappa shape index (κ1) is 25.4. The van der Waals surface area contributed by atoms with Crippen molar-refractivity contribution < 1.29 is 22.6 Å². The maximum atomic E-state index is 13.3. The van der Waals surface area contributed by atoms with E-state index in [-0.39, 0.29) is 29.6 Å². The first-order chi connectivity index (χ1) is 16.4. The van der Waals surface area contributed by atoms with Crippen LogP contribution >= 0.6 is 12.4 Å². The van der Waals surface area contributed by atoms with Crippen molar-refractivity contribution in [1.82, 2.24) is 25.1 Å². The lowest BCUT2D eigenvalue weighted by atomic mass is 9.83. The number of ether oxygens (including phenoxy) is 2. The van der Waals surface area contributed by atoms with Crippen LogP contribution in [0, 0.1) is 0 Å². The summed E-state index contributed by atoms with van der Waals surface area (Å²) in [5, 5.41) is 9.95. The van der Waals surface area contributed by atoms with Crippen molar-refractivity contribution in [2.24, 2.45) is 0 Å². The largest absolute Gasteiger partial charge is 0.496 e. The minimum absolute atomic E-state index is 0. The zero-order chi connectivity index (χ0) is 23.8. The van der Waals surface area contributed by atoms with Gasteiger partial charge in [0.2, 0.25) is 0 Å². The van der Waals surface area contributed by atoms with Crippen LogP contribution in [0.1, 0.15) is 42.1 Å². The Hall–Kier alpha value is -2.69. The van der Waals surface area contributed by atoms with Gasteiger partial charge in [-0.15, -0.1) is 17.5 Å². The lowest BCUT2D eigenvalue weighted by Crippen LogP contribution is -2.47. The second-order valence-corrected chi connectivity index (χ2v) is 9.03. The fourth-order valence-corrected chi connectivity index (χ4v) is 5.21. The second-order valence-electron chi connectivity index (χ2n) is 9.03. The van der Waals surface area contributed by atoms with Crippen LogP contribution < -0.4 is 4.74 Å². The minimum Gasteiger partial charge on any atom is -0.496 e. The topological polar surface area (TPSA) is 65.3 Å². The molecule has 2 saturated heterocycles. The molecule has 5 rings (SSSR count). The molecule has 1 aromatic heterocycles. The number of methoxy groups -OCH3 is 1. The highest BCUT2D eigenvalue weighted by Crippen LogP contribution is 2.45. The van der Waals surface area contributed by atoms with Gasteiger partial charge in [0, 0.05) is 24.6 Å². The standard InChI is InChI=1S/C24H26F3N5O2.ClH/c1-33-21-9-8-19(32-22(24(25,26)27)28-29-30-32)12-20(21)18-13-23(34-15-18)10-5-11-31(16-23)14-17-6-3-2-4-7-17;/h2-4,6-9,12,18H,5,10-11,13-16H2,1H3;1H/t18-,23+;/m0./s1. The van der Waals surface area contributed by atoms with Gasteiger partial charge in [-0.3, -0.25) is 4.90 Å². The van der Waals surface area contributed by atoms with Gasteiger partial charge in [-0.1, -0.05) is 30.3 Å². The number of halogens is 4. The molecule has 2 aliphatic heterocycles. The lowest BCUT2D eigenvalue weighted by molar-refractivity contribution is -0.146. The highest BCUT2D eigenvalue weighted by atomic mass is 35.5. The van der Waals surface area contributed by atoms with E-state index in [2.05, 4.69) is 32.6 Å². The predicted octanol–water partition coefficient (Wildman–Crippen LogP) is 4.65. The molecule has 0 unspecified atom stereocenters. The maximum absolute atomic E-state index is 13.3. The van der Waals surface area contributed by atoms with Crippen LogP contribution in [0.4, 0.5) is 13.2 Å². The summed E-state index contributed by atoms with van der Waals surface area (Å²) in [6, 6.07) is 15.2. The molecule has 2 fully saturated rings. The summed E-state index contributed by atoms with van der Waals surface area (Å²) in [6.45, 7) is 3.20. The van der Waals surface area contributed by atoms with E-state index in [1.165, 1.54) is 11.6 Å². The summed E-state index contributed by atoms with van der Waals surface area (Å²) in [4.78, 5) is 2.42. The van der Waals surface area contributed by atoms with Crippen LogP contribution in [0.2, 0.25) is 0 Å². The Morgan fingerprint density at radius 2 is 1.97 bits per heavy atom. The molecule has 0 radical (unpaired) electrons. The summed E-state index contributed by atoms with van der Waals surface area (Å²) in [5.74, 6) is -0.544. The highest BCUT2D eigenvalue weighted by molar-refractivity contribution is 5.85. The molecule has 3 heterocycles. The van der Waals surface area contributed by atoms with E-state index < -0.39 is 12.0 Å². The van der Waals surface area contributed by atoms with E-state index >= 15 is 0 Å². The first-order valence-electron chi connectivity index (χ1n) is 11.3. The predicted molar refractivity (Wildman–Crippen MR) is 125 cm³/mol. The van der Waals surface area contributed by atoms with E-state index in [0.717, 1.165) is 49.1 Å². The Balaban J connectivity index is 0.00000289. The molecule has 2 atom stereocenters. The fourth-order valence-electron chi connectivity index (χ4n) is 5.21. The summed E-state index contributed by atoms with van der Waals surface area (Å²) in [7, 11) is 1.56. The van der Waals surface area contributed by atoms with Crippen LogP contribution in [0.3, 0.4) is 0 Å². The molecular formula is C24H27ClF3N5O2. The highest BCUT2D eigenvalue weighted by Gasteiger charge is 2.45. The third-order valence-electron chi connectivity index (χ3n) is 6.70. The summed E-state index contributed by atoms with van der Waals surface area (Å²) < 4.78 is 52.7. The maximum Gasteiger partial charge on any atom is 0.453 e. The second kappa shape index (κ2) is 10.1. The van der Waals surface area contributed by atoms with Gasteiger partial charge in [0.15, 0.2) is 0 Å². The normalized spacial score (nSPS) is 22.8. The smallest absolute Gasteiger partial charge is 0.453 e. The molecule has 11 heteroatoms. The molecule has 188 valence electrons. The summed E-state index contributed by atoms with van der Waals surface area (Å²) in [5.41, 5.74) is 2.04. The zero-order valence-electron chi connectivity index (χ0n) is 19.2. The lowest BCUT2D eigenvalue weighted by Gasteiger charge is -2.40. The number of tetrazole rings is 1. The number of piperidine rings is 1. The Morgan fingerprint density at radius 3 is 2.71 bits per heavy atom. The minimum atomic E-state index is -4.66. The van der Waals surface area contributed by atoms with Crippen molar-refractivity contribution in [3.05, 3.63) is 65.5 Å². The average molecular weight is 510 g/mol. The quantitative estimate of drug-likeness (QED) is 0.499. The van der Waals surface area contributed by atoms with Crippen LogP contribution in [-0.2, 0) is 17.5 Å². The Bertz CT molecular complexity index is 1140. The van der Waals surface area contributed by atoms with Gasteiger partial charge in [0.25, 0.3) is 5.82 Å². The molecule has 0 amide bonds. The molecule has 35 heavy (non-hydrogen) atoms. The van der Waals surface area contributed by atoms with Crippen molar-refractivity contribution in [3.63, 3.8) is 0 Å². The van der Waals surface area contributed by atoms with Crippen LogP contribution in [0.15, 0.2) is 48.5 Å². The van der Waals surface area contributed by atoms with Gasteiger partial charge in [0.1, 0.15) is 5.75 Å². The van der Waals surface area contributed by atoms with Gasteiger partial charge in [-0.25, -0.2) is 0 Å². The number of alkyl halides is 3. The van der Waals surface area contributed by atoms with E-state index in [4.69, 9.17) is 9.47 Å². The number of benzene rings is 2. The number of likely N-dealkylation sites (tertiary alicyclic amines) is 1. The van der Waals surface area contributed by atoms with Crippen LogP contribution in [-0.4, -0.2) is 57.5 Å². The Kier molecular flexibility index (Phi) is 7.35. The SMILES string of the molecule is COc1ccc(-n2nnnc2C(F)(F)F)cc1[C@@H]1CO[C@]2(CCCN(Cc3ccccc3)C2)C1.Cl. The van der Waals surface area contributed by atoms with Crippen molar-refractivity contribution in [2.75, 3.05) is 26.8 Å². The van der Waals surface area contributed by atoms with Crippen LogP contribution in [0.25, 0.3) is 5.69 Å². The van der Waals surface area contributed by atoms with Crippen molar-refractivity contribution in [1.29, 1.82) is 0 Å². The Labute approximate surface area is 207 Å². The third kappa shape index (κ3) is 5.29. The van der Waals surface area contributed by atoms with Gasteiger partial charge >= 0.3 is 6.18 Å². The van der Waals surface area contributed by atoms with Crippen molar-refractivity contribution >= 4 is 12.4 Å².